The minimum atomic E-state index is -3.81. The van der Waals surface area contributed by atoms with Crippen LogP contribution in [0.1, 0.15) is 24.6 Å². The summed E-state index contributed by atoms with van der Waals surface area (Å²) in [5.41, 5.74) is 0.443. The first-order valence-electron chi connectivity index (χ1n) is 9.88. The monoisotopic (exact) mass is 440 g/mol. The van der Waals surface area contributed by atoms with Crippen LogP contribution in [0, 0.1) is 0 Å². The molecule has 160 valence electrons. The van der Waals surface area contributed by atoms with Gasteiger partial charge in [-0.1, -0.05) is 0 Å². The molecule has 31 heavy (non-hydrogen) atoms. The van der Waals surface area contributed by atoms with Crippen molar-refractivity contribution in [2.45, 2.75) is 41.8 Å². The molecule has 0 amide bonds. The minimum Gasteiger partial charge on any atom is -0.394 e. The van der Waals surface area contributed by atoms with Gasteiger partial charge in [0.05, 0.1) is 54.1 Å². The lowest BCUT2D eigenvalue weighted by Gasteiger charge is -2.07. The molecule has 0 unspecified atom stereocenters. The van der Waals surface area contributed by atoms with Crippen molar-refractivity contribution < 1.29 is 13.5 Å². The Kier molecular flexibility index (Phi) is 4.71. The summed E-state index contributed by atoms with van der Waals surface area (Å²) in [5, 5.41) is 22.5. The molecule has 1 fully saturated rings. The second-order valence-electron chi connectivity index (χ2n) is 7.54. The number of sulfone groups is 1. The number of aliphatic hydroxyl groups is 1. The topological polar surface area (TPSA) is 125 Å². The molecule has 0 bridgehead atoms. The Morgan fingerprint density at radius 1 is 1.10 bits per heavy atom. The summed E-state index contributed by atoms with van der Waals surface area (Å²) >= 11 is 0. The predicted molar refractivity (Wildman–Crippen MR) is 110 cm³/mol. The van der Waals surface area contributed by atoms with Gasteiger partial charge in [-0.05, 0) is 37.1 Å². The van der Waals surface area contributed by atoms with Crippen LogP contribution in [0.2, 0.25) is 0 Å². The van der Waals surface area contributed by atoms with Crippen molar-refractivity contribution in [1.29, 1.82) is 0 Å². The summed E-state index contributed by atoms with van der Waals surface area (Å²) in [6.45, 7) is 0.310. The quantitative estimate of drug-likeness (QED) is 0.454. The molecule has 0 atom stereocenters. The van der Waals surface area contributed by atoms with Gasteiger partial charge in [-0.3, -0.25) is 14.2 Å². The molecule has 11 heteroatoms. The van der Waals surface area contributed by atoms with Gasteiger partial charge in [0.2, 0.25) is 9.84 Å². The minimum absolute atomic E-state index is 0.0212. The number of hydrogen-bond acceptors (Lipinski definition) is 7. The van der Waals surface area contributed by atoms with E-state index in [4.69, 9.17) is 5.11 Å². The third-order valence-corrected chi connectivity index (χ3v) is 6.99. The maximum Gasteiger partial charge on any atom is 0.274 e. The first-order valence-corrected chi connectivity index (χ1v) is 11.4. The van der Waals surface area contributed by atoms with Crippen molar-refractivity contribution in [2.24, 2.45) is 0 Å². The number of fused-ring (bicyclic) bond motifs is 1. The fourth-order valence-corrected chi connectivity index (χ4v) is 4.70. The van der Waals surface area contributed by atoms with Gasteiger partial charge in [0.25, 0.3) is 5.56 Å². The van der Waals surface area contributed by atoms with Gasteiger partial charge < -0.3 is 5.11 Å². The second kappa shape index (κ2) is 7.43. The van der Waals surface area contributed by atoms with Crippen LogP contribution in [0.15, 0.2) is 63.6 Å². The number of aromatic nitrogens is 6. The molecule has 0 spiro atoms. The van der Waals surface area contributed by atoms with Crippen molar-refractivity contribution in [3.63, 3.8) is 0 Å². The lowest BCUT2D eigenvalue weighted by atomic mass is 10.2. The molecule has 4 aromatic rings. The van der Waals surface area contributed by atoms with Gasteiger partial charge in [-0.15, -0.1) is 0 Å². The van der Waals surface area contributed by atoms with E-state index in [-0.39, 0.29) is 35.0 Å². The summed E-state index contributed by atoms with van der Waals surface area (Å²) < 4.78 is 30.4. The van der Waals surface area contributed by atoms with Crippen molar-refractivity contribution >= 4 is 20.6 Å². The van der Waals surface area contributed by atoms with Gasteiger partial charge in [0.1, 0.15) is 4.90 Å². The summed E-state index contributed by atoms with van der Waals surface area (Å²) in [6.07, 6.45) is 8.27. The average molecular weight is 440 g/mol. The summed E-state index contributed by atoms with van der Waals surface area (Å²) in [6, 6.07) is 6.70. The third kappa shape index (κ3) is 3.66. The number of hydrogen-bond donors (Lipinski definition) is 1. The number of rotatable bonds is 7. The van der Waals surface area contributed by atoms with Crippen molar-refractivity contribution in [2.75, 3.05) is 6.61 Å². The molecule has 1 aliphatic rings. The van der Waals surface area contributed by atoms with Crippen LogP contribution in [0.4, 0.5) is 0 Å². The number of nitrogens with zero attached hydrogens (tertiary/aromatic N) is 6. The van der Waals surface area contributed by atoms with Crippen LogP contribution in [-0.2, 0) is 22.9 Å². The Balaban J connectivity index is 1.46. The first-order chi connectivity index (χ1) is 15.0. The van der Waals surface area contributed by atoms with Crippen LogP contribution in [0.5, 0.6) is 0 Å². The van der Waals surface area contributed by atoms with E-state index in [2.05, 4.69) is 15.3 Å². The molecule has 3 aromatic heterocycles. The van der Waals surface area contributed by atoms with E-state index in [1.165, 1.54) is 46.2 Å². The smallest absolute Gasteiger partial charge is 0.274 e. The zero-order valence-corrected chi connectivity index (χ0v) is 17.3. The van der Waals surface area contributed by atoms with E-state index in [9.17, 15) is 13.2 Å². The lowest BCUT2D eigenvalue weighted by molar-refractivity contribution is 0.269. The molecule has 0 radical (unpaired) electrons. The van der Waals surface area contributed by atoms with Crippen LogP contribution in [-0.4, -0.2) is 49.5 Å². The van der Waals surface area contributed by atoms with Crippen LogP contribution >= 0.6 is 0 Å². The summed E-state index contributed by atoms with van der Waals surface area (Å²) in [5.74, 6) is 0. The van der Waals surface area contributed by atoms with Gasteiger partial charge in [0.15, 0.2) is 0 Å². The van der Waals surface area contributed by atoms with Gasteiger partial charge >= 0.3 is 0 Å². The number of aliphatic hydroxyl groups excluding tert-OH is 1. The third-order valence-electron chi connectivity index (χ3n) is 5.28. The van der Waals surface area contributed by atoms with Crippen LogP contribution in [0.3, 0.4) is 0 Å². The SMILES string of the molecule is O=c1c2ccc(S(=O)(=O)c3cnn(CCO)c3)cc2cnn1Cc1ccn(C2CC2)n1. The van der Waals surface area contributed by atoms with Crippen LogP contribution in [0.25, 0.3) is 10.8 Å². The fraction of sp³-hybridized carbons (Fsp3) is 0.300. The van der Waals surface area contributed by atoms with E-state index >= 15 is 0 Å². The van der Waals surface area contributed by atoms with E-state index in [0.29, 0.717) is 16.8 Å². The molecule has 1 aliphatic carbocycles. The molecule has 1 N–H and O–H groups in total. The highest BCUT2D eigenvalue weighted by Crippen LogP contribution is 2.33. The van der Waals surface area contributed by atoms with E-state index in [1.54, 1.807) is 0 Å². The standard InChI is InChI=1S/C20H20N6O4S/c27-8-7-24-13-18(11-21-24)31(29,30)17-3-4-19-14(9-17)10-22-26(20(19)28)12-15-5-6-25(23-15)16-1-2-16/h3-6,9-11,13,16,27H,1-2,7-8,12H2. The average Bonchev–Trinajstić information content (AvgIpc) is 3.31. The largest absolute Gasteiger partial charge is 0.394 e. The molecule has 0 aliphatic heterocycles. The maximum absolute atomic E-state index is 12.9. The summed E-state index contributed by atoms with van der Waals surface area (Å²) in [4.78, 5) is 12.9. The highest BCUT2D eigenvalue weighted by molar-refractivity contribution is 7.91. The molecule has 0 saturated heterocycles. The molecule has 1 saturated carbocycles. The van der Waals surface area contributed by atoms with E-state index in [0.717, 1.165) is 18.5 Å². The van der Waals surface area contributed by atoms with Gasteiger partial charge in [-0.2, -0.15) is 15.3 Å². The van der Waals surface area contributed by atoms with Gasteiger partial charge in [0, 0.05) is 17.8 Å². The zero-order valence-electron chi connectivity index (χ0n) is 16.5. The Morgan fingerprint density at radius 3 is 2.71 bits per heavy atom. The zero-order chi connectivity index (χ0) is 21.6. The summed E-state index contributed by atoms with van der Waals surface area (Å²) in [7, 11) is -3.81. The highest BCUT2D eigenvalue weighted by Gasteiger charge is 2.24. The molecular weight excluding hydrogens is 420 g/mol. The van der Waals surface area contributed by atoms with E-state index < -0.39 is 9.84 Å². The van der Waals surface area contributed by atoms with Crippen molar-refractivity contribution in [3.8, 4) is 0 Å². The maximum atomic E-state index is 12.9. The predicted octanol–water partition coefficient (Wildman–Crippen LogP) is 0.998. The Labute approximate surface area is 177 Å². The molecule has 5 rings (SSSR count). The second-order valence-corrected chi connectivity index (χ2v) is 9.49. The molecular formula is C20H20N6O4S. The Bertz CT molecular complexity index is 1430. The molecule has 1 aromatic carbocycles. The van der Waals surface area contributed by atoms with Crippen molar-refractivity contribution in [3.05, 3.63) is 65.1 Å². The number of benzene rings is 1. The fourth-order valence-electron chi connectivity index (χ4n) is 3.45. The molecule has 3 heterocycles. The van der Waals surface area contributed by atoms with E-state index in [1.807, 2.05) is 16.9 Å². The lowest BCUT2D eigenvalue weighted by Crippen LogP contribution is -2.23. The van der Waals surface area contributed by atoms with Gasteiger partial charge in [-0.25, -0.2) is 13.1 Å². The Morgan fingerprint density at radius 2 is 1.94 bits per heavy atom. The molecule has 10 nitrogen and oxygen atoms in total. The normalized spacial score (nSPS) is 14.4. The van der Waals surface area contributed by atoms with Crippen molar-refractivity contribution in [1.82, 2.24) is 29.3 Å². The highest BCUT2D eigenvalue weighted by atomic mass is 32.2. The Hall–Kier alpha value is -3.31. The van der Waals surface area contributed by atoms with Crippen LogP contribution < -0.4 is 5.56 Å². The first kappa shape index (κ1) is 19.6.